The van der Waals surface area contributed by atoms with E-state index in [1.807, 2.05) is 13.0 Å². The number of aryl methyl sites for hydroxylation is 1. The Balaban J connectivity index is 3.39. The van der Waals surface area contributed by atoms with Crippen molar-refractivity contribution in [1.29, 1.82) is 0 Å². The highest BCUT2D eigenvalue weighted by Gasteiger charge is 1.86. The van der Waals surface area contributed by atoms with Crippen LogP contribution in [0.5, 0.6) is 0 Å². The van der Waals surface area contributed by atoms with Crippen LogP contribution < -0.4 is 10.6 Å². The van der Waals surface area contributed by atoms with Crippen LogP contribution >= 0.6 is 0 Å². The van der Waals surface area contributed by atoms with E-state index in [9.17, 15) is 0 Å². The van der Waals surface area contributed by atoms with Crippen molar-refractivity contribution in [2.45, 2.75) is 13.8 Å². The van der Waals surface area contributed by atoms with E-state index < -0.39 is 0 Å². The number of rotatable bonds is 1. The summed E-state index contributed by atoms with van der Waals surface area (Å²) in [7, 11) is 2.06. The molecule has 1 heteroatoms. The van der Waals surface area contributed by atoms with E-state index in [-0.39, 0.29) is 0 Å². The Morgan fingerprint density at radius 3 is 2.67 bits per heavy atom. The van der Waals surface area contributed by atoms with Crippen molar-refractivity contribution >= 4 is 12.2 Å². The van der Waals surface area contributed by atoms with Gasteiger partial charge in [0.25, 0.3) is 0 Å². The fourth-order valence-corrected chi connectivity index (χ4v) is 1.21. The summed E-state index contributed by atoms with van der Waals surface area (Å²) in [6.45, 7) is 4.08. The normalized spacial score (nSPS) is 14.9. The van der Waals surface area contributed by atoms with Gasteiger partial charge in [0.15, 0.2) is 0 Å². The molecule has 0 atom stereocenters. The second kappa shape index (κ2) is 3.96. The Labute approximate surface area is 73.3 Å². The monoisotopic (exact) mass is 161 g/mol. The van der Waals surface area contributed by atoms with Gasteiger partial charge in [-0.1, -0.05) is 18.2 Å². The summed E-state index contributed by atoms with van der Waals surface area (Å²) in [6, 6.07) is 2.12. The van der Waals surface area contributed by atoms with Gasteiger partial charge in [-0.05, 0) is 31.2 Å². The van der Waals surface area contributed by atoms with Gasteiger partial charge in [0, 0.05) is 18.6 Å². The molecular formula is C11H15N. The van der Waals surface area contributed by atoms with Crippen LogP contribution in [0.2, 0.25) is 0 Å². The number of allylic oxidation sites excluding steroid dienone is 2. The number of nitrogens with zero attached hydrogens (tertiary/aromatic N) is 1. The molecule has 0 aliphatic carbocycles. The number of aromatic nitrogens is 1. The van der Waals surface area contributed by atoms with E-state index in [1.165, 1.54) is 10.6 Å². The Morgan fingerprint density at radius 2 is 2.08 bits per heavy atom. The van der Waals surface area contributed by atoms with Gasteiger partial charge in [0.1, 0.15) is 0 Å². The average Bonchev–Trinajstić information content (AvgIpc) is 2.43. The molecule has 1 aromatic rings. The molecule has 0 aliphatic heterocycles. The average molecular weight is 161 g/mol. The summed E-state index contributed by atoms with van der Waals surface area (Å²) in [5.74, 6) is 0. The quantitative estimate of drug-likeness (QED) is 0.583. The first-order valence-electron chi connectivity index (χ1n) is 4.20. The molecular weight excluding hydrogens is 146 g/mol. The van der Waals surface area contributed by atoms with Gasteiger partial charge in [-0.25, -0.2) is 0 Å². The molecule has 64 valence electrons. The predicted molar refractivity (Wildman–Crippen MR) is 54.1 cm³/mol. The van der Waals surface area contributed by atoms with E-state index in [1.54, 1.807) is 0 Å². The van der Waals surface area contributed by atoms with Crippen LogP contribution in [0.1, 0.15) is 13.8 Å². The lowest BCUT2D eigenvalue weighted by Crippen LogP contribution is -2.26. The minimum absolute atomic E-state index is 1.26. The van der Waals surface area contributed by atoms with Crippen molar-refractivity contribution in [3.63, 3.8) is 0 Å². The van der Waals surface area contributed by atoms with Crippen LogP contribution in [0.25, 0.3) is 12.2 Å². The van der Waals surface area contributed by atoms with E-state index in [4.69, 9.17) is 0 Å². The molecule has 0 aromatic carbocycles. The van der Waals surface area contributed by atoms with E-state index in [0.717, 1.165) is 0 Å². The molecule has 0 N–H and O–H groups in total. The van der Waals surface area contributed by atoms with Gasteiger partial charge in [-0.2, -0.15) is 0 Å². The van der Waals surface area contributed by atoms with E-state index in [0.29, 0.717) is 0 Å². The first-order valence-corrected chi connectivity index (χ1v) is 4.20. The fraction of sp³-hybridized carbons (Fsp3) is 0.273. The highest BCUT2D eigenvalue weighted by atomic mass is 14.9. The molecule has 0 fully saturated rings. The van der Waals surface area contributed by atoms with Crippen molar-refractivity contribution < 1.29 is 0 Å². The molecule has 0 aliphatic rings. The Morgan fingerprint density at radius 1 is 1.33 bits per heavy atom. The maximum absolute atomic E-state index is 2.12. The maximum Gasteiger partial charge on any atom is 0.0474 e. The molecule has 1 heterocycles. The molecule has 0 radical (unpaired) electrons. The summed E-state index contributed by atoms with van der Waals surface area (Å²) in [5, 5.41) is 2.55. The molecule has 0 unspecified atom stereocenters. The third kappa shape index (κ3) is 1.67. The smallest absolute Gasteiger partial charge is 0.0474 e. The molecule has 0 saturated carbocycles. The summed E-state index contributed by atoms with van der Waals surface area (Å²) in [5.41, 5.74) is 0. The van der Waals surface area contributed by atoms with E-state index >= 15 is 0 Å². The molecule has 0 bridgehead atoms. The first-order chi connectivity index (χ1) is 5.79. The third-order valence-corrected chi connectivity index (χ3v) is 1.91. The Kier molecular flexibility index (Phi) is 2.92. The lowest BCUT2D eigenvalue weighted by atomic mass is 10.3. The molecule has 0 saturated heterocycles. The Bertz CT molecular complexity index is 380. The zero-order chi connectivity index (χ0) is 8.97. The summed E-state index contributed by atoms with van der Waals surface area (Å²) in [4.78, 5) is 0. The zero-order valence-corrected chi connectivity index (χ0v) is 7.91. The van der Waals surface area contributed by atoms with Gasteiger partial charge < -0.3 is 4.57 Å². The van der Waals surface area contributed by atoms with Crippen LogP contribution in [0.3, 0.4) is 0 Å². The van der Waals surface area contributed by atoms with Crippen LogP contribution in [0, 0.1) is 0 Å². The Hall–Kier alpha value is -1.24. The topological polar surface area (TPSA) is 4.93 Å². The van der Waals surface area contributed by atoms with Gasteiger partial charge in [0.2, 0.25) is 0 Å². The second-order valence-corrected chi connectivity index (χ2v) is 2.75. The van der Waals surface area contributed by atoms with Gasteiger partial charge in [-0.15, -0.1) is 0 Å². The first kappa shape index (κ1) is 8.85. The summed E-state index contributed by atoms with van der Waals surface area (Å²) in [6.07, 6.45) is 10.4. The van der Waals surface area contributed by atoms with Crippen molar-refractivity contribution in [2.24, 2.45) is 7.05 Å². The minimum Gasteiger partial charge on any atom is -0.351 e. The highest BCUT2D eigenvalue weighted by Crippen LogP contribution is 1.74. The van der Waals surface area contributed by atoms with Crippen LogP contribution in [-0.4, -0.2) is 4.57 Å². The van der Waals surface area contributed by atoms with Gasteiger partial charge in [0.05, 0.1) is 0 Å². The van der Waals surface area contributed by atoms with Crippen molar-refractivity contribution in [2.75, 3.05) is 0 Å². The largest absolute Gasteiger partial charge is 0.351 e. The second-order valence-electron chi connectivity index (χ2n) is 2.75. The van der Waals surface area contributed by atoms with Crippen molar-refractivity contribution in [3.05, 3.63) is 35.0 Å². The lowest BCUT2D eigenvalue weighted by molar-refractivity contribution is 0.889. The molecule has 0 spiro atoms. The number of hydrogen-bond donors (Lipinski definition) is 0. The molecule has 1 nitrogen and oxygen atoms in total. The van der Waals surface area contributed by atoms with Crippen LogP contribution in [0.4, 0.5) is 0 Å². The predicted octanol–water partition coefficient (Wildman–Crippen LogP) is 1.18. The summed E-state index contributed by atoms with van der Waals surface area (Å²) >= 11 is 0. The van der Waals surface area contributed by atoms with Crippen LogP contribution in [0.15, 0.2) is 24.4 Å². The standard InChI is InChI=1S/C11H15N/c1-4-6-7-11-10(5-2)8-9-12(11)3/h4-9H,1-3H3/b6-4-,10-5-,11-7+. The molecule has 1 rings (SSSR count). The highest BCUT2D eigenvalue weighted by molar-refractivity contribution is 5.37. The minimum atomic E-state index is 1.26. The molecule has 1 aromatic heterocycles. The van der Waals surface area contributed by atoms with E-state index in [2.05, 4.69) is 49.0 Å². The lowest BCUT2D eigenvalue weighted by Gasteiger charge is -1.88. The van der Waals surface area contributed by atoms with Crippen LogP contribution in [-0.2, 0) is 7.05 Å². The van der Waals surface area contributed by atoms with Crippen molar-refractivity contribution in [1.82, 2.24) is 4.57 Å². The maximum atomic E-state index is 2.12. The molecule has 12 heavy (non-hydrogen) atoms. The van der Waals surface area contributed by atoms with Gasteiger partial charge >= 0.3 is 0 Å². The third-order valence-electron chi connectivity index (χ3n) is 1.91. The van der Waals surface area contributed by atoms with Gasteiger partial charge in [-0.3, -0.25) is 0 Å². The zero-order valence-electron chi connectivity index (χ0n) is 7.91. The summed E-state index contributed by atoms with van der Waals surface area (Å²) < 4.78 is 2.12. The fourth-order valence-electron chi connectivity index (χ4n) is 1.21. The number of hydrogen-bond acceptors (Lipinski definition) is 0. The SMILES string of the molecule is C\C=C/C=c1\c(=C/C)ccn1C. The van der Waals surface area contributed by atoms with Crippen molar-refractivity contribution in [3.8, 4) is 0 Å². The molecule has 0 amide bonds.